The molecule has 1 fully saturated rings. The Balaban J connectivity index is 2.14. The second-order valence-electron chi connectivity index (χ2n) is 6.87. The molecule has 0 radical (unpaired) electrons. The van der Waals surface area contributed by atoms with Crippen molar-refractivity contribution in [2.24, 2.45) is 0 Å². The highest BCUT2D eigenvalue weighted by atomic mass is 16.5. The van der Waals surface area contributed by atoms with Gasteiger partial charge < -0.3 is 15.5 Å². The number of nitrogen functional groups attached to an aromatic ring is 1. The zero-order valence-electron chi connectivity index (χ0n) is 15.9. The minimum atomic E-state index is -0.596. The van der Waals surface area contributed by atoms with Crippen molar-refractivity contribution in [3.63, 3.8) is 0 Å². The standard InChI is InChI=1S/C21H23N5O2/c1-2-9-28-18-6-5-14(10-15(18)13-26-7-3-4-8-26)19-16(11-22)20(24)25-21(27)17(19)12-23/h5-6,10H,2-4,7-9,13H2,1H3,(H3,24,25,27). The molecule has 1 aliphatic heterocycles. The summed E-state index contributed by atoms with van der Waals surface area (Å²) in [5, 5.41) is 19.0. The van der Waals surface area contributed by atoms with E-state index in [1.807, 2.05) is 31.2 Å². The van der Waals surface area contributed by atoms with E-state index in [4.69, 9.17) is 10.5 Å². The number of nitrogens with one attached hydrogen (secondary N) is 1. The molecule has 1 aliphatic rings. The van der Waals surface area contributed by atoms with Gasteiger partial charge in [0.25, 0.3) is 5.56 Å². The third kappa shape index (κ3) is 3.85. The van der Waals surface area contributed by atoms with E-state index in [0.29, 0.717) is 12.2 Å². The number of H-pyrrole nitrogens is 1. The van der Waals surface area contributed by atoms with Crippen LogP contribution in [0.2, 0.25) is 0 Å². The van der Waals surface area contributed by atoms with E-state index in [1.54, 1.807) is 6.07 Å². The molecule has 3 N–H and O–H groups in total. The number of nitrogens with zero attached hydrogens (tertiary/aromatic N) is 3. The summed E-state index contributed by atoms with van der Waals surface area (Å²) in [6.45, 7) is 5.43. The highest BCUT2D eigenvalue weighted by Crippen LogP contribution is 2.33. The van der Waals surface area contributed by atoms with Crippen molar-refractivity contribution in [3.8, 4) is 29.0 Å². The van der Waals surface area contributed by atoms with Crippen molar-refractivity contribution < 1.29 is 4.74 Å². The van der Waals surface area contributed by atoms with E-state index in [2.05, 4.69) is 9.88 Å². The molecule has 1 aromatic carbocycles. The van der Waals surface area contributed by atoms with Gasteiger partial charge in [-0.05, 0) is 50.0 Å². The van der Waals surface area contributed by atoms with Crippen LogP contribution in [0.1, 0.15) is 42.9 Å². The summed E-state index contributed by atoms with van der Waals surface area (Å²) in [5.74, 6) is 0.751. The monoisotopic (exact) mass is 377 g/mol. The summed E-state index contributed by atoms with van der Waals surface area (Å²) in [4.78, 5) is 16.9. The van der Waals surface area contributed by atoms with Crippen LogP contribution in [0, 0.1) is 22.7 Å². The van der Waals surface area contributed by atoms with Gasteiger partial charge in [-0.15, -0.1) is 0 Å². The van der Waals surface area contributed by atoms with Crippen molar-refractivity contribution >= 4 is 5.82 Å². The molecular weight excluding hydrogens is 354 g/mol. The van der Waals surface area contributed by atoms with Gasteiger partial charge in [0.15, 0.2) is 0 Å². The summed E-state index contributed by atoms with van der Waals surface area (Å²) < 4.78 is 5.90. The number of pyridine rings is 1. The summed E-state index contributed by atoms with van der Waals surface area (Å²) in [7, 11) is 0. The van der Waals surface area contributed by atoms with Gasteiger partial charge in [-0.25, -0.2) is 0 Å². The summed E-state index contributed by atoms with van der Waals surface area (Å²) in [5.41, 5.74) is 7.09. The molecule has 28 heavy (non-hydrogen) atoms. The maximum atomic E-state index is 12.2. The molecule has 1 aromatic heterocycles. The number of likely N-dealkylation sites (tertiary alicyclic amines) is 1. The molecule has 1 saturated heterocycles. The first kappa shape index (κ1) is 19.5. The van der Waals surface area contributed by atoms with E-state index in [0.717, 1.165) is 37.4 Å². The van der Waals surface area contributed by atoms with Gasteiger partial charge >= 0.3 is 0 Å². The third-order valence-corrected chi connectivity index (χ3v) is 4.87. The van der Waals surface area contributed by atoms with E-state index in [-0.39, 0.29) is 22.5 Å². The fourth-order valence-corrected chi connectivity index (χ4v) is 3.52. The van der Waals surface area contributed by atoms with Gasteiger partial charge in [0.1, 0.15) is 34.8 Å². The second kappa shape index (κ2) is 8.60. The smallest absolute Gasteiger partial charge is 0.268 e. The van der Waals surface area contributed by atoms with Crippen molar-refractivity contribution in [3.05, 3.63) is 45.2 Å². The van der Waals surface area contributed by atoms with Crippen LogP contribution in [0.25, 0.3) is 11.1 Å². The van der Waals surface area contributed by atoms with Gasteiger partial charge in [-0.2, -0.15) is 10.5 Å². The van der Waals surface area contributed by atoms with Crippen LogP contribution in [0.5, 0.6) is 5.75 Å². The quantitative estimate of drug-likeness (QED) is 0.799. The average molecular weight is 377 g/mol. The molecule has 0 bridgehead atoms. The van der Waals surface area contributed by atoms with Crippen LogP contribution in [-0.2, 0) is 6.54 Å². The number of rotatable bonds is 6. The van der Waals surface area contributed by atoms with Crippen molar-refractivity contribution in [2.75, 3.05) is 25.4 Å². The fourth-order valence-electron chi connectivity index (χ4n) is 3.52. The molecule has 3 rings (SSSR count). The Morgan fingerprint density at radius 3 is 2.57 bits per heavy atom. The highest BCUT2D eigenvalue weighted by molar-refractivity contribution is 5.80. The largest absolute Gasteiger partial charge is 0.493 e. The second-order valence-corrected chi connectivity index (χ2v) is 6.87. The van der Waals surface area contributed by atoms with Crippen LogP contribution in [0.4, 0.5) is 5.82 Å². The number of aromatic nitrogens is 1. The SMILES string of the molecule is CCCOc1ccc(-c2c(C#N)c(N)[nH]c(=O)c2C#N)cc1CN1CCCC1. The lowest BCUT2D eigenvalue weighted by molar-refractivity contribution is 0.294. The van der Waals surface area contributed by atoms with Crippen molar-refractivity contribution in [2.45, 2.75) is 32.7 Å². The molecule has 0 unspecified atom stereocenters. The fraction of sp³-hybridized carbons (Fsp3) is 0.381. The van der Waals surface area contributed by atoms with Gasteiger partial charge in [-0.1, -0.05) is 13.0 Å². The molecule has 7 heteroatoms. The Kier molecular flexibility index (Phi) is 5.98. The Labute approximate surface area is 164 Å². The van der Waals surface area contributed by atoms with Crippen LogP contribution in [0.3, 0.4) is 0 Å². The average Bonchev–Trinajstić information content (AvgIpc) is 3.19. The van der Waals surface area contributed by atoms with E-state index < -0.39 is 5.56 Å². The number of ether oxygens (including phenoxy) is 1. The predicted octanol–water partition coefficient (Wildman–Crippen LogP) is 2.75. The summed E-state index contributed by atoms with van der Waals surface area (Å²) in [6, 6.07) is 9.45. The van der Waals surface area contributed by atoms with Gasteiger partial charge in [-0.3, -0.25) is 9.69 Å². The number of anilines is 1. The van der Waals surface area contributed by atoms with Gasteiger partial charge in [0.2, 0.25) is 0 Å². The molecular formula is C21H23N5O2. The summed E-state index contributed by atoms with van der Waals surface area (Å²) >= 11 is 0. The molecule has 2 heterocycles. The van der Waals surface area contributed by atoms with Gasteiger partial charge in [0, 0.05) is 17.7 Å². The maximum Gasteiger partial charge on any atom is 0.268 e. The molecule has 7 nitrogen and oxygen atoms in total. The number of nitrogens with two attached hydrogens (primary N) is 1. The molecule has 2 aromatic rings. The van der Waals surface area contributed by atoms with E-state index in [1.165, 1.54) is 12.8 Å². The first-order chi connectivity index (χ1) is 13.6. The normalized spacial score (nSPS) is 13.8. The van der Waals surface area contributed by atoms with Crippen LogP contribution in [0.15, 0.2) is 23.0 Å². The maximum absolute atomic E-state index is 12.2. The minimum absolute atomic E-state index is 0.0334. The number of benzene rings is 1. The Morgan fingerprint density at radius 1 is 1.21 bits per heavy atom. The number of hydrogen-bond donors (Lipinski definition) is 2. The van der Waals surface area contributed by atoms with Crippen LogP contribution >= 0.6 is 0 Å². The van der Waals surface area contributed by atoms with Crippen LogP contribution in [-0.4, -0.2) is 29.6 Å². The number of nitriles is 2. The topological polar surface area (TPSA) is 119 Å². The molecule has 144 valence electrons. The highest BCUT2D eigenvalue weighted by Gasteiger charge is 2.20. The third-order valence-electron chi connectivity index (χ3n) is 4.87. The van der Waals surface area contributed by atoms with E-state index >= 15 is 0 Å². The lowest BCUT2D eigenvalue weighted by Gasteiger charge is -2.19. The molecule has 0 aliphatic carbocycles. The zero-order chi connectivity index (χ0) is 20.1. The van der Waals surface area contributed by atoms with Crippen LogP contribution < -0.4 is 16.0 Å². The summed E-state index contributed by atoms with van der Waals surface area (Å²) in [6.07, 6.45) is 3.24. The number of hydrogen-bond acceptors (Lipinski definition) is 6. The van der Waals surface area contributed by atoms with Crippen molar-refractivity contribution in [1.29, 1.82) is 10.5 Å². The lowest BCUT2D eigenvalue weighted by Crippen LogP contribution is -2.19. The zero-order valence-corrected chi connectivity index (χ0v) is 15.9. The Hall–Kier alpha value is -3.29. The molecule has 0 atom stereocenters. The minimum Gasteiger partial charge on any atom is -0.493 e. The first-order valence-electron chi connectivity index (χ1n) is 9.43. The molecule has 0 amide bonds. The van der Waals surface area contributed by atoms with Gasteiger partial charge in [0.05, 0.1) is 6.61 Å². The predicted molar refractivity (Wildman–Crippen MR) is 107 cm³/mol. The number of aromatic amines is 1. The lowest BCUT2D eigenvalue weighted by atomic mass is 9.95. The van der Waals surface area contributed by atoms with Crippen molar-refractivity contribution in [1.82, 2.24) is 9.88 Å². The molecule has 0 spiro atoms. The Morgan fingerprint density at radius 2 is 1.93 bits per heavy atom. The molecule has 0 saturated carbocycles. The Bertz CT molecular complexity index is 1010. The van der Waals surface area contributed by atoms with E-state index in [9.17, 15) is 15.3 Å². The first-order valence-corrected chi connectivity index (χ1v) is 9.43.